The quantitative estimate of drug-likeness (QED) is 0.584. The monoisotopic (exact) mass is 235 g/mol. The fourth-order valence-corrected chi connectivity index (χ4v) is 2.15. The number of nitrogens with two attached hydrogens (primary N) is 1. The molecular formula is C13H17NO3. The average Bonchev–Trinajstić information content (AvgIpc) is 2.79. The second kappa shape index (κ2) is 4.98. The number of benzene rings is 1. The van der Waals surface area contributed by atoms with Crippen LogP contribution in [0.5, 0.6) is 0 Å². The molecule has 0 aromatic heterocycles. The summed E-state index contributed by atoms with van der Waals surface area (Å²) >= 11 is 0. The van der Waals surface area contributed by atoms with Gasteiger partial charge in [-0.2, -0.15) is 0 Å². The van der Waals surface area contributed by atoms with Crippen LogP contribution in [-0.4, -0.2) is 40.2 Å². The van der Waals surface area contributed by atoms with Crippen molar-refractivity contribution in [1.29, 1.82) is 0 Å². The summed E-state index contributed by atoms with van der Waals surface area (Å²) in [6.45, 7) is -0.0731. The van der Waals surface area contributed by atoms with Crippen LogP contribution in [0.2, 0.25) is 0 Å². The summed E-state index contributed by atoms with van der Waals surface area (Å²) < 4.78 is 0. The molecule has 4 unspecified atom stereocenters. The van der Waals surface area contributed by atoms with E-state index in [4.69, 9.17) is 5.73 Å². The number of hydrogen-bond donors (Lipinski definition) is 4. The molecule has 4 nitrogen and oxygen atoms in total. The Morgan fingerprint density at radius 2 is 1.88 bits per heavy atom. The lowest BCUT2D eigenvalue weighted by atomic mass is 9.90. The predicted molar refractivity (Wildman–Crippen MR) is 65.3 cm³/mol. The Morgan fingerprint density at radius 3 is 2.59 bits per heavy atom. The lowest BCUT2D eigenvalue weighted by molar-refractivity contribution is -0.0595. The van der Waals surface area contributed by atoms with E-state index in [-0.39, 0.29) is 12.5 Å². The Bertz CT molecular complexity index is 419. The van der Waals surface area contributed by atoms with Crippen molar-refractivity contribution in [2.45, 2.75) is 24.2 Å². The number of rotatable bonds is 4. The van der Waals surface area contributed by atoms with Crippen LogP contribution in [0.25, 0.3) is 6.08 Å². The van der Waals surface area contributed by atoms with Crippen LogP contribution in [0.4, 0.5) is 0 Å². The molecule has 0 aliphatic heterocycles. The third-order valence-electron chi connectivity index (χ3n) is 3.19. The average molecular weight is 235 g/mol. The maximum absolute atomic E-state index is 10.0. The van der Waals surface area contributed by atoms with E-state index in [0.717, 1.165) is 11.1 Å². The molecule has 1 aliphatic rings. The molecule has 0 heterocycles. The van der Waals surface area contributed by atoms with Gasteiger partial charge in [-0.1, -0.05) is 36.4 Å². The fourth-order valence-electron chi connectivity index (χ4n) is 2.15. The van der Waals surface area contributed by atoms with E-state index >= 15 is 0 Å². The summed E-state index contributed by atoms with van der Waals surface area (Å²) in [5.74, 6) is -0.289. The third kappa shape index (κ3) is 2.25. The van der Waals surface area contributed by atoms with Gasteiger partial charge in [0.05, 0.1) is 12.2 Å². The van der Waals surface area contributed by atoms with Gasteiger partial charge in [0.15, 0.2) is 0 Å². The highest BCUT2D eigenvalue weighted by Crippen LogP contribution is 2.33. The Labute approximate surface area is 100 Å². The molecule has 4 heteroatoms. The van der Waals surface area contributed by atoms with Gasteiger partial charge in [0.2, 0.25) is 0 Å². The molecular weight excluding hydrogens is 218 g/mol. The van der Waals surface area contributed by atoms with Gasteiger partial charge in [-0.25, -0.2) is 0 Å². The van der Waals surface area contributed by atoms with E-state index in [1.165, 1.54) is 0 Å². The molecule has 5 N–H and O–H groups in total. The van der Waals surface area contributed by atoms with Gasteiger partial charge in [0.25, 0.3) is 0 Å². The zero-order valence-electron chi connectivity index (χ0n) is 9.40. The third-order valence-corrected chi connectivity index (χ3v) is 3.19. The molecule has 17 heavy (non-hydrogen) atoms. The first-order valence-corrected chi connectivity index (χ1v) is 5.66. The van der Waals surface area contributed by atoms with E-state index < -0.39 is 18.3 Å². The SMILES string of the molecule is NCC(O)C(O)C(O)C1C=Cc2ccccc21. The summed E-state index contributed by atoms with van der Waals surface area (Å²) in [4.78, 5) is 0. The second-order valence-electron chi connectivity index (χ2n) is 4.30. The molecule has 0 saturated heterocycles. The predicted octanol–water partition coefficient (Wildman–Crippen LogP) is -0.162. The van der Waals surface area contributed by atoms with Crippen molar-refractivity contribution in [1.82, 2.24) is 0 Å². The first kappa shape index (κ1) is 12.3. The molecule has 0 radical (unpaired) electrons. The first-order valence-electron chi connectivity index (χ1n) is 5.66. The van der Waals surface area contributed by atoms with E-state index in [9.17, 15) is 15.3 Å². The molecule has 0 saturated carbocycles. The number of hydrogen-bond acceptors (Lipinski definition) is 4. The zero-order valence-corrected chi connectivity index (χ0v) is 9.40. The molecule has 0 fully saturated rings. The molecule has 2 rings (SSSR count). The number of aliphatic hydroxyl groups excluding tert-OH is 3. The van der Waals surface area contributed by atoms with Gasteiger partial charge < -0.3 is 21.1 Å². The Kier molecular flexibility index (Phi) is 3.59. The van der Waals surface area contributed by atoms with Crippen LogP contribution in [0, 0.1) is 0 Å². The van der Waals surface area contributed by atoms with E-state index in [1.54, 1.807) is 0 Å². The lowest BCUT2D eigenvalue weighted by Crippen LogP contribution is -2.43. The van der Waals surface area contributed by atoms with Gasteiger partial charge in [0, 0.05) is 12.5 Å². The van der Waals surface area contributed by atoms with Crippen molar-refractivity contribution >= 4 is 6.08 Å². The topological polar surface area (TPSA) is 86.7 Å². The van der Waals surface area contributed by atoms with E-state index in [1.807, 2.05) is 36.4 Å². The maximum atomic E-state index is 10.0. The van der Waals surface area contributed by atoms with Crippen LogP contribution in [0.1, 0.15) is 17.0 Å². The molecule has 1 aromatic carbocycles. The van der Waals surface area contributed by atoms with Crippen molar-refractivity contribution < 1.29 is 15.3 Å². The second-order valence-corrected chi connectivity index (χ2v) is 4.30. The Morgan fingerprint density at radius 1 is 1.18 bits per heavy atom. The van der Waals surface area contributed by atoms with Crippen LogP contribution in [0.15, 0.2) is 30.3 Å². The van der Waals surface area contributed by atoms with Crippen LogP contribution < -0.4 is 5.73 Å². The smallest absolute Gasteiger partial charge is 0.108 e. The van der Waals surface area contributed by atoms with Crippen molar-refractivity contribution in [2.75, 3.05) is 6.54 Å². The van der Waals surface area contributed by atoms with Crippen molar-refractivity contribution in [2.24, 2.45) is 5.73 Å². The number of aliphatic hydroxyl groups is 3. The number of fused-ring (bicyclic) bond motifs is 1. The van der Waals surface area contributed by atoms with Gasteiger partial charge in [0.1, 0.15) is 6.10 Å². The van der Waals surface area contributed by atoms with E-state index in [2.05, 4.69) is 0 Å². The minimum Gasteiger partial charge on any atom is -0.389 e. The van der Waals surface area contributed by atoms with Gasteiger partial charge >= 0.3 is 0 Å². The summed E-state index contributed by atoms with van der Waals surface area (Å²) in [5, 5.41) is 29.3. The van der Waals surface area contributed by atoms with Gasteiger partial charge in [-0.15, -0.1) is 0 Å². The fraction of sp³-hybridized carbons (Fsp3) is 0.385. The maximum Gasteiger partial charge on any atom is 0.108 e. The van der Waals surface area contributed by atoms with Gasteiger partial charge in [-0.3, -0.25) is 0 Å². The molecule has 0 bridgehead atoms. The molecule has 0 amide bonds. The zero-order chi connectivity index (χ0) is 12.4. The van der Waals surface area contributed by atoms with Crippen molar-refractivity contribution in [3.63, 3.8) is 0 Å². The molecule has 1 aliphatic carbocycles. The highest BCUT2D eigenvalue weighted by Gasteiger charge is 2.32. The van der Waals surface area contributed by atoms with Crippen molar-refractivity contribution in [3.05, 3.63) is 41.5 Å². The molecule has 4 atom stereocenters. The van der Waals surface area contributed by atoms with Crippen LogP contribution in [0.3, 0.4) is 0 Å². The van der Waals surface area contributed by atoms with Gasteiger partial charge in [-0.05, 0) is 11.1 Å². The lowest BCUT2D eigenvalue weighted by Gasteiger charge is -2.26. The minimum atomic E-state index is -1.24. The first-order chi connectivity index (χ1) is 8.15. The molecule has 92 valence electrons. The van der Waals surface area contributed by atoms with Crippen molar-refractivity contribution in [3.8, 4) is 0 Å². The van der Waals surface area contributed by atoms with Crippen LogP contribution >= 0.6 is 0 Å². The summed E-state index contributed by atoms with van der Waals surface area (Å²) in [5.41, 5.74) is 7.26. The summed E-state index contributed by atoms with van der Waals surface area (Å²) in [6, 6.07) is 7.66. The summed E-state index contributed by atoms with van der Waals surface area (Å²) in [7, 11) is 0. The highest BCUT2D eigenvalue weighted by molar-refractivity contribution is 5.62. The molecule has 0 spiro atoms. The Balaban J connectivity index is 2.18. The largest absolute Gasteiger partial charge is 0.389 e. The Hall–Kier alpha value is -1.20. The summed E-state index contributed by atoms with van der Waals surface area (Å²) in [6.07, 6.45) is 0.354. The minimum absolute atomic E-state index is 0.0731. The highest BCUT2D eigenvalue weighted by atomic mass is 16.4. The standard InChI is InChI=1S/C13H17NO3/c14-7-11(15)13(17)12(16)10-6-5-8-3-1-2-4-9(8)10/h1-6,10-13,15-17H,7,14H2. The van der Waals surface area contributed by atoms with E-state index in [0.29, 0.717) is 0 Å². The molecule has 1 aromatic rings. The van der Waals surface area contributed by atoms with Crippen LogP contribution in [-0.2, 0) is 0 Å². The normalized spacial score (nSPS) is 23.2.